The Balaban J connectivity index is 1.88. The predicted molar refractivity (Wildman–Crippen MR) is 87.7 cm³/mol. The van der Waals surface area contributed by atoms with Crippen LogP contribution in [0.4, 0.5) is 0 Å². The van der Waals surface area contributed by atoms with Gasteiger partial charge in [-0.3, -0.25) is 0 Å². The molecule has 3 aromatic carbocycles. The van der Waals surface area contributed by atoms with Crippen LogP contribution in [0.25, 0.3) is 21.9 Å². The third-order valence-corrected chi connectivity index (χ3v) is 4.14. The van der Waals surface area contributed by atoms with Gasteiger partial charge >= 0.3 is 0 Å². The van der Waals surface area contributed by atoms with Crippen LogP contribution in [0.3, 0.4) is 0 Å². The molecule has 4 aromatic rings. The Labute approximate surface area is 123 Å². The Morgan fingerprint density at radius 1 is 0.762 bits per heavy atom. The zero-order chi connectivity index (χ0) is 14.2. The van der Waals surface area contributed by atoms with Crippen LogP contribution in [-0.2, 0) is 6.42 Å². The summed E-state index contributed by atoms with van der Waals surface area (Å²) in [7, 11) is 0. The molecule has 0 aliphatic carbocycles. The zero-order valence-corrected chi connectivity index (χ0v) is 12.0. The van der Waals surface area contributed by atoms with Crippen molar-refractivity contribution in [2.24, 2.45) is 0 Å². The summed E-state index contributed by atoms with van der Waals surface area (Å²) < 4.78 is 6.06. The van der Waals surface area contributed by atoms with Gasteiger partial charge < -0.3 is 4.42 Å². The molecule has 0 unspecified atom stereocenters. The topological polar surface area (TPSA) is 13.1 Å². The fourth-order valence-corrected chi connectivity index (χ4v) is 2.97. The van der Waals surface area contributed by atoms with Gasteiger partial charge in [-0.25, -0.2) is 0 Å². The van der Waals surface area contributed by atoms with Gasteiger partial charge in [-0.05, 0) is 36.1 Å². The van der Waals surface area contributed by atoms with E-state index in [1.165, 1.54) is 27.5 Å². The summed E-state index contributed by atoms with van der Waals surface area (Å²) in [5.41, 5.74) is 5.88. The lowest BCUT2D eigenvalue weighted by Gasteiger charge is -2.06. The highest BCUT2D eigenvalue weighted by atomic mass is 16.3. The van der Waals surface area contributed by atoms with E-state index in [2.05, 4.69) is 61.5 Å². The van der Waals surface area contributed by atoms with Crippen LogP contribution in [0.2, 0.25) is 0 Å². The van der Waals surface area contributed by atoms with Gasteiger partial charge in [0.25, 0.3) is 0 Å². The Kier molecular flexibility index (Phi) is 2.78. The number of fused-ring (bicyclic) bond motifs is 3. The first-order valence-electron chi connectivity index (χ1n) is 7.26. The van der Waals surface area contributed by atoms with E-state index in [4.69, 9.17) is 4.42 Å². The van der Waals surface area contributed by atoms with E-state index in [1.807, 2.05) is 12.1 Å². The molecule has 0 aliphatic rings. The molecule has 4 rings (SSSR count). The molecule has 0 fully saturated rings. The van der Waals surface area contributed by atoms with Crippen LogP contribution >= 0.6 is 0 Å². The van der Waals surface area contributed by atoms with Crippen molar-refractivity contribution in [3.8, 4) is 0 Å². The second-order valence-corrected chi connectivity index (χ2v) is 5.49. The summed E-state index contributed by atoms with van der Waals surface area (Å²) >= 11 is 0. The minimum absolute atomic E-state index is 0.944. The fraction of sp³-hybridized carbons (Fsp3) is 0.100. The standard InChI is InChI=1S/C20H16O/c1-14-16(13-15-7-3-2-4-8-15)11-12-18-17-9-5-6-10-19(17)21-20(14)18/h2-12H,13H2,1H3. The summed E-state index contributed by atoms with van der Waals surface area (Å²) in [4.78, 5) is 0. The second-order valence-electron chi connectivity index (χ2n) is 5.49. The van der Waals surface area contributed by atoms with Crippen LogP contribution in [-0.4, -0.2) is 0 Å². The molecule has 0 bridgehead atoms. The molecular weight excluding hydrogens is 256 g/mol. The summed E-state index contributed by atoms with van der Waals surface area (Å²) in [6.07, 6.45) is 0.944. The molecule has 0 saturated heterocycles. The largest absolute Gasteiger partial charge is 0.456 e. The summed E-state index contributed by atoms with van der Waals surface area (Å²) in [5.74, 6) is 0. The minimum atomic E-state index is 0.944. The maximum atomic E-state index is 6.06. The Morgan fingerprint density at radius 3 is 2.38 bits per heavy atom. The maximum Gasteiger partial charge on any atom is 0.138 e. The van der Waals surface area contributed by atoms with Crippen molar-refractivity contribution in [3.63, 3.8) is 0 Å². The van der Waals surface area contributed by atoms with E-state index in [0.29, 0.717) is 0 Å². The number of para-hydroxylation sites is 1. The van der Waals surface area contributed by atoms with Crippen molar-refractivity contribution in [3.05, 3.63) is 83.4 Å². The Bertz CT molecular complexity index is 917. The number of benzene rings is 3. The van der Waals surface area contributed by atoms with Crippen LogP contribution in [0, 0.1) is 6.92 Å². The first-order chi connectivity index (χ1) is 10.3. The van der Waals surface area contributed by atoms with Gasteiger partial charge in [0, 0.05) is 10.8 Å². The van der Waals surface area contributed by atoms with Gasteiger partial charge in [0.2, 0.25) is 0 Å². The molecule has 1 heteroatoms. The van der Waals surface area contributed by atoms with Crippen molar-refractivity contribution in [2.45, 2.75) is 13.3 Å². The highest BCUT2D eigenvalue weighted by Gasteiger charge is 2.11. The Morgan fingerprint density at radius 2 is 1.52 bits per heavy atom. The second kappa shape index (κ2) is 4.78. The van der Waals surface area contributed by atoms with Gasteiger partial charge in [0.05, 0.1) is 0 Å². The van der Waals surface area contributed by atoms with E-state index >= 15 is 0 Å². The molecular formula is C20H16O. The third kappa shape index (κ3) is 2.02. The summed E-state index contributed by atoms with van der Waals surface area (Å²) in [5, 5.41) is 2.40. The van der Waals surface area contributed by atoms with Crippen LogP contribution in [0.5, 0.6) is 0 Å². The molecule has 1 nitrogen and oxygen atoms in total. The number of aryl methyl sites for hydroxylation is 1. The lowest BCUT2D eigenvalue weighted by molar-refractivity contribution is 0.665. The molecule has 0 saturated carbocycles. The van der Waals surface area contributed by atoms with Gasteiger partial charge in [-0.1, -0.05) is 60.7 Å². The number of furan rings is 1. The molecule has 0 atom stereocenters. The first-order valence-corrected chi connectivity index (χ1v) is 7.26. The van der Waals surface area contributed by atoms with Crippen LogP contribution in [0.1, 0.15) is 16.7 Å². The van der Waals surface area contributed by atoms with Gasteiger partial charge in [-0.2, -0.15) is 0 Å². The molecule has 0 aliphatic heterocycles. The first kappa shape index (κ1) is 12.2. The highest BCUT2D eigenvalue weighted by Crippen LogP contribution is 2.32. The number of hydrogen-bond acceptors (Lipinski definition) is 1. The molecule has 102 valence electrons. The third-order valence-electron chi connectivity index (χ3n) is 4.14. The Hall–Kier alpha value is -2.54. The van der Waals surface area contributed by atoms with Crippen molar-refractivity contribution in [1.82, 2.24) is 0 Å². The van der Waals surface area contributed by atoms with E-state index in [9.17, 15) is 0 Å². The monoisotopic (exact) mass is 272 g/mol. The van der Waals surface area contributed by atoms with Crippen molar-refractivity contribution >= 4 is 21.9 Å². The van der Waals surface area contributed by atoms with Crippen molar-refractivity contribution < 1.29 is 4.42 Å². The smallest absolute Gasteiger partial charge is 0.138 e. The molecule has 0 spiro atoms. The summed E-state index contributed by atoms with van der Waals surface area (Å²) in [6, 6.07) is 23.2. The lowest BCUT2D eigenvalue weighted by Crippen LogP contribution is -1.91. The van der Waals surface area contributed by atoms with Gasteiger partial charge in [-0.15, -0.1) is 0 Å². The average Bonchev–Trinajstić information content (AvgIpc) is 2.91. The lowest BCUT2D eigenvalue weighted by atomic mass is 9.98. The predicted octanol–water partition coefficient (Wildman–Crippen LogP) is 5.49. The van der Waals surface area contributed by atoms with Crippen molar-refractivity contribution in [2.75, 3.05) is 0 Å². The molecule has 0 radical (unpaired) electrons. The van der Waals surface area contributed by atoms with E-state index in [-0.39, 0.29) is 0 Å². The minimum Gasteiger partial charge on any atom is -0.456 e. The fourth-order valence-electron chi connectivity index (χ4n) is 2.97. The summed E-state index contributed by atoms with van der Waals surface area (Å²) in [6.45, 7) is 2.16. The number of rotatable bonds is 2. The highest BCUT2D eigenvalue weighted by molar-refractivity contribution is 6.06. The van der Waals surface area contributed by atoms with Crippen LogP contribution < -0.4 is 0 Å². The quantitative estimate of drug-likeness (QED) is 0.470. The van der Waals surface area contributed by atoms with Gasteiger partial charge in [0.1, 0.15) is 11.2 Å². The molecule has 0 N–H and O–H groups in total. The van der Waals surface area contributed by atoms with E-state index in [1.54, 1.807) is 0 Å². The van der Waals surface area contributed by atoms with E-state index < -0.39 is 0 Å². The van der Waals surface area contributed by atoms with Gasteiger partial charge in [0.15, 0.2) is 0 Å². The molecule has 21 heavy (non-hydrogen) atoms. The molecule has 1 heterocycles. The number of hydrogen-bond donors (Lipinski definition) is 0. The maximum absolute atomic E-state index is 6.06. The van der Waals surface area contributed by atoms with Crippen LogP contribution in [0.15, 0.2) is 71.1 Å². The SMILES string of the molecule is Cc1c(Cc2ccccc2)ccc2c1oc1ccccc12. The average molecular weight is 272 g/mol. The molecule has 1 aromatic heterocycles. The van der Waals surface area contributed by atoms with Crippen molar-refractivity contribution in [1.29, 1.82) is 0 Å². The van der Waals surface area contributed by atoms with E-state index in [0.717, 1.165) is 17.6 Å². The zero-order valence-electron chi connectivity index (χ0n) is 12.0. The normalized spacial score (nSPS) is 11.3. The molecule has 0 amide bonds.